The molecular formula is C12H19F2N. The predicted molar refractivity (Wildman–Crippen MR) is 59.4 cm³/mol. The normalized spacial score (nSPS) is 10.1. The van der Waals surface area contributed by atoms with Gasteiger partial charge in [0.1, 0.15) is 0 Å². The van der Waals surface area contributed by atoms with E-state index >= 15 is 0 Å². The quantitative estimate of drug-likeness (QED) is 0.741. The lowest BCUT2D eigenvalue weighted by Gasteiger charge is -2.05. The third-order valence-corrected chi connectivity index (χ3v) is 1.83. The summed E-state index contributed by atoms with van der Waals surface area (Å²) >= 11 is 0. The van der Waals surface area contributed by atoms with E-state index in [4.69, 9.17) is 0 Å². The molecule has 0 radical (unpaired) electrons. The van der Waals surface area contributed by atoms with Crippen LogP contribution in [0.15, 0.2) is 18.3 Å². The molecule has 0 N–H and O–H groups in total. The molecule has 86 valence electrons. The van der Waals surface area contributed by atoms with Crippen molar-refractivity contribution in [2.45, 2.75) is 46.5 Å². The molecule has 1 heterocycles. The van der Waals surface area contributed by atoms with E-state index in [0.717, 1.165) is 5.69 Å². The van der Waals surface area contributed by atoms with E-state index in [1.807, 2.05) is 33.8 Å². The maximum absolute atomic E-state index is 12.0. The summed E-state index contributed by atoms with van der Waals surface area (Å²) in [4.78, 5) is 4.10. The molecule has 0 fully saturated rings. The highest BCUT2D eigenvalue weighted by atomic mass is 19.3. The van der Waals surface area contributed by atoms with E-state index in [2.05, 4.69) is 4.98 Å². The van der Waals surface area contributed by atoms with Crippen molar-refractivity contribution in [1.82, 2.24) is 4.98 Å². The maximum atomic E-state index is 12.0. The van der Waals surface area contributed by atoms with Gasteiger partial charge in [0.2, 0.25) is 6.43 Å². The van der Waals surface area contributed by atoms with Crippen molar-refractivity contribution in [1.29, 1.82) is 0 Å². The molecule has 0 aromatic carbocycles. The minimum atomic E-state index is -2.29. The lowest BCUT2D eigenvalue weighted by atomic mass is 10.1. The summed E-state index contributed by atoms with van der Waals surface area (Å²) in [5.41, 5.74) is 1.54. The molecule has 0 aliphatic heterocycles. The minimum absolute atomic E-state index is 0.203. The molecule has 0 atom stereocenters. The third kappa shape index (κ3) is 5.45. The van der Waals surface area contributed by atoms with E-state index in [9.17, 15) is 8.78 Å². The summed E-state index contributed by atoms with van der Waals surface area (Å²) in [5, 5.41) is 0. The number of pyridine rings is 1. The van der Waals surface area contributed by atoms with Crippen molar-refractivity contribution >= 4 is 0 Å². The zero-order valence-corrected chi connectivity index (χ0v) is 9.80. The Bertz CT molecular complexity index is 255. The first-order valence-electron chi connectivity index (χ1n) is 5.32. The van der Waals surface area contributed by atoms with Gasteiger partial charge in [-0.05, 0) is 17.5 Å². The molecule has 0 spiro atoms. The molecule has 0 unspecified atom stereocenters. The smallest absolute Gasteiger partial charge is 0.242 e. The second-order valence-electron chi connectivity index (χ2n) is 3.34. The molecule has 1 aromatic heterocycles. The van der Waals surface area contributed by atoms with Crippen LogP contribution < -0.4 is 0 Å². The average molecular weight is 215 g/mol. The number of hydrogen-bond donors (Lipinski definition) is 0. The number of aromatic nitrogens is 1. The Morgan fingerprint density at radius 1 is 1.20 bits per heavy atom. The van der Waals surface area contributed by atoms with Crippen LogP contribution in [0.4, 0.5) is 8.78 Å². The van der Waals surface area contributed by atoms with Crippen molar-refractivity contribution in [2.75, 3.05) is 0 Å². The van der Waals surface area contributed by atoms with Gasteiger partial charge in [-0.25, -0.2) is 8.78 Å². The Morgan fingerprint density at radius 3 is 2.13 bits per heavy atom. The van der Waals surface area contributed by atoms with Gasteiger partial charge in [-0.15, -0.1) is 0 Å². The Labute approximate surface area is 90.5 Å². The zero-order valence-electron chi connectivity index (χ0n) is 9.80. The monoisotopic (exact) mass is 215 g/mol. The summed E-state index contributed by atoms with van der Waals surface area (Å²) in [5.74, 6) is 0.348. The molecule has 0 aliphatic carbocycles. The van der Waals surface area contributed by atoms with Gasteiger partial charge in [-0.1, -0.05) is 33.8 Å². The topological polar surface area (TPSA) is 12.9 Å². The second kappa shape index (κ2) is 7.32. The van der Waals surface area contributed by atoms with Crippen LogP contribution in [0, 0.1) is 0 Å². The number of halogens is 2. The lowest BCUT2D eigenvalue weighted by molar-refractivity contribution is 0.149. The Morgan fingerprint density at radius 2 is 1.80 bits per heavy atom. The number of alkyl halides is 2. The molecule has 1 nitrogen and oxygen atoms in total. The van der Waals surface area contributed by atoms with Crippen LogP contribution in [0.2, 0.25) is 0 Å². The highest BCUT2D eigenvalue weighted by molar-refractivity contribution is 5.16. The highest BCUT2D eigenvalue weighted by Crippen LogP contribution is 2.12. The Balaban J connectivity index is 0.000000921. The molecule has 1 aromatic rings. The third-order valence-electron chi connectivity index (χ3n) is 1.83. The van der Waals surface area contributed by atoms with E-state index in [0.29, 0.717) is 11.5 Å². The fraction of sp³-hybridized carbons (Fsp3) is 0.583. The summed E-state index contributed by atoms with van der Waals surface area (Å²) in [6, 6.07) is 3.52. The van der Waals surface area contributed by atoms with Gasteiger partial charge >= 0.3 is 0 Å². The fourth-order valence-corrected chi connectivity index (χ4v) is 1.08. The first-order chi connectivity index (χ1) is 7.09. The summed E-state index contributed by atoms with van der Waals surface area (Å²) in [7, 11) is 0. The average Bonchev–Trinajstić information content (AvgIpc) is 2.20. The minimum Gasteiger partial charge on any atom is -0.261 e. The molecule has 0 saturated heterocycles. The SMILES string of the molecule is CC.CC(C)c1ccc(CC(F)F)cn1. The molecular weight excluding hydrogens is 196 g/mol. The van der Waals surface area contributed by atoms with Crippen molar-refractivity contribution in [3.8, 4) is 0 Å². The summed E-state index contributed by atoms with van der Waals surface area (Å²) in [6.45, 7) is 8.05. The van der Waals surface area contributed by atoms with Crippen molar-refractivity contribution in [3.05, 3.63) is 29.6 Å². The van der Waals surface area contributed by atoms with Gasteiger partial charge in [0.25, 0.3) is 0 Å². The molecule has 15 heavy (non-hydrogen) atoms. The van der Waals surface area contributed by atoms with Gasteiger partial charge in [0.05, 0.1) is 0 Å². The molecule has 0 aliphatic rings. The van der Waals surface area contributed by atoms with Crippen LogP contribution in [-0.2, 0) is 6.42 Å². The molecule has 0 bridgehead atoms. The lowest BCUT2D eigenvalue weighted by Crippen LogP contribution is -1.99. The summed E-state index contributed by atoms with van der Waals surface area (Å²) < 4.78 is 23.9. The number of hydrogen-bond acceptors (Lipinski definition) is 1. The molecule has 0 amide bonds. The predicted octanol–water partition coefficient (Wildman–Crippen LogP) is 4.04. The first kappa shape index (κ1) is 14.0. The Hall–Kier alpha value is -0.990. The van der Waals surface area contributed by atoms with Crippen molar-refractivity contribution < 1.29 is 8.78 Å². The van der Waals surface area contributed by atoms with Crippen molar-refractivity contribution in [3.63, 3.8) is 0 Å². The van der Waals surface area contributed by atoms with E-state index in [1.54, 1.807) is 6.07 Å². The standard InChI is InChI=1S/C10H13F2N.C2H6/c1-7(2)9-4-3-8(6-13-9)5-10(11)12;1-2/h3-4,6-7,10H,5H2,1-2H3;1-2H3. The van der Waals surface area contributed by atoms with Gasteiger partial charge in [0.15, 0.2) is 0 Å². The van der Waals surface area contributed by atoms with Crippen LogP contribution in [-0.4, -0.2) is 11.4 Å². The van der Waals surface area contributed by atoms with E-state index < -0.39 is 6.43 Å². The largest absolute Gasteiger partial charge is 0.261 e. The van der Waals surface area contributed by atoms with Crippen LogP contribution in [0.25, 0.3) is 0 Å². The molecule has 0 saturated carbocycles. The fourth-order valence-electron chi connectivity index (χ4n) is 1.08. The van der Waals surface area contributed by atoms with Crippen LogP contribution in [0.1, 0.15) is 44.9 Å². The number of rotatable bonds is 3. The van der Waals surface area contributed by atoms with Gasteiger partial charge in [0, 0.05) is 18.3 Å². The van der Waals surface area contributed by atoms with Crippen LogP contribution >= 0.6 is 0 Å². The highest BCUT2D eigenvalue weighted by Gasteiger charge is 2.05. The second-order valence-corrected chi connectivity index (χ2v) is 3.34. The molecule has 3 heteroatoms. The Kier molecular flexibility index (Phi) is 6.84. The zero-order chi connectivity index (χ0) is 11.8. The number of nitrogens with zero attached hydrogens (tertiary/aromatic N) is 1. The van der Waals surface area contributed by atoms with Crippen LogP contribution in [0.3, 0.4) is 0 Å². The summed E-state index contributed by atoms with van der Waals surface area (Å²) in [6.07, 6.45) is -0.959. The van der Waals surface area contributed by atoms with E-state index in [-0.39, 0.29) is 6.42 Å². The maximum Gasteiger partial charge on any atom is 0.242 e. The van der Waals surface area contributed by atoms with E-state index in [1.165, 1.54) is 6.20 Å². The van der Waals surface area contributed by atoms with Gasteiger partial charge < -0.3 is 0 Å². The van der Waals surface area contributed by atoms with Crippen molar-refractivity contribution in [2.24, 2.45) is 0 Å². The molecule has 1 rings (SSSR count). The van der Waals surface area contributed by atoms with Gasteiger partial charge in [-0.3, -0.25) is 4.98 Å². The van der Waals surface area contributed by atoms with Crippen LogP contribution in [0.5, 0.6) is 0 Å². The van der Waals surface area contributed by atoms with Gasteiger partial charge in [-0.2, -0.15) is 0 Å². The first-order valence-corrected chi connectivity index (χ1v) is 5.32.